The molecule has 0 saturated heterocycles. The Bertz CT molecular complexity index is 309. The van der Waals surface area contributed by atoms with E-state index in [1.165, 1.54) is 13.3 Å². The van der Waals surface area contributed by atoms with Crippen molar-refractivity contribution in [3.63, 3.8) is 0 Å². The third-order valence-electron chi connectivity index (χ3n) is 1.56. The molecule has 0 aliphatic heterocycles. The molecule has 1 heterocycles. The Hall–Kier alpha value is -1.07. The van der Waals surface area contributed by atoms with E-state index in [1.807, 2.05) is 6.92 Å². The van der Waals surface area contributed by atoms with Gasteiger partial charge in [-0.25, -0.2) is 4.98 Å². The number of aliphatic hydroxyl groups excluding tert-OH is 1. The van der Waals surface area contributed by atoms with Crippen molar-refractivity contribution < 1.29 is 9.84 Å². The van der Waals surface area contributed by atoms with Crippen molar-refractivity contribution in [3.05, 3.63) is 11.2 Å². The molecule has 0 spiro atoms. The summed E-state index contributed by atoms with van der Waals surface area (Å²) in [5.74, 6) is 0.458. The summed E-state index contributed by atoms with van der Waals surface area (Å²) in [4.78, 5) is 7.81. The van der Waals surface area contributed by atoms with Gasteiger partial charge in [0.05, 0.1) is 19.9 Å². The Morgan fingerprint density at radius 3 is 3.00 bits per heavy atom. The fourth-order valence-corrected chi connectivity index (χ4v) is 0.975. The molecular formula is C8H12ClN3O2. The highest BCUT2D eigenvalue weighted by Gasteiger charge is 2.07. The van der Waals surface area contributed by atoms with Crippen LogP contribution >= 0.6 is 11.6 Å². The van der Waals surface area contributed by atoms with E-state index in [0.717, 1.165) is 0 Å². The maximum atomic E-state index is 8.83. The van der Waals surface area contributed by atoms with Crippen LogP contribution in [0.1, 0.15) is 6.92 Å². The third-order valence-corrected chi connectivity index (χ3v) is 1.84. The predicted molar refractivity (Wildman–Crippen MR) is 53.8 cm³/mol. The summed E-state index contributed by atoms with van der Waals surface area (Å²) >= 11 is 5.83. The van der Waals surface area contributed by atoms with Crippen LogP contribution in [-0.2, 0) is 0 Å². The van der Waals surface area contributed by atoms with Crippen LogP contribution in [0.5, 0.6) is 6.01 Å². The van der Waals surface area contributed by atoms with Crippen LogP contribution in [0, 0.1) is 0 Å². The van der Waals surface area contributed by atoms with Gasteiger partial charge in [-0.05, 0) is 6.92 Å². The van der Waals surface area contributed by atoms with Crippen LogP contribution in [0.3, 0.4) is 0 Å². The second-order valence-electron chi connectivity index (χ2n) is 2.78. The van der Waals surface area contributed by atoms with Gasteiger partial charge in [-0.1, -0.05) is 11.6 Å². The second kappa shape index (κ2) is 4.97. The first-order chi connectivity index (χ1) is 6.67. The number of aliphatic hydroxyl groups is 1. The van der Waals surface area contributed by atoms with Crippen LogP contribution < -0.4 is 10.1 Å². The quantitative estimate of drug-likeness (QED) is 0.786. The smallest absolute Gasteiger partial charge is 0.318 e. The minimum absolute atomic E-state index is 0.00263. The van der Waals surface area contributed by atoms with Crippen molar-refractivity contribution in [2.24, 2.45) is 0 Å². The molecule has 1 rings (SSSR count). The van der Waals surface area contributed by atoms with Crippen molar-refractivity contribution >= 4 is 17.4 Å². The zero-order chi connectivity index (χ0) is 10.6. The molecule has 78 valence electrons. The Morgan fingerprint density at radius 2 is 2.43 bits per heavy atom. The molecule has 0 aliphatic rings. The maximum absolute atomic E-state index is 8.83. The maximum Gasteiger partial charge on any atom is 0.318 e. The van der Waals surface area contributed by atoms with E-state index in [9.17, 15) is 0 Å². The fourth-order valence-electron chi connectivity index (χ4n) is 0.830. The summed E-state index contributed by atoms with van der Waals surface area (Å²) in [6.07, 6.45) is 1.44. The number of ether oxygens (including phenoxy) is 1. The largest absolute Gasteiger partial charge is 0.467 e. The zero-order valence-corrected chi connectivity index (χ0v) is 8.75. The molecule has 2 N–H and O–H groups in total. The van der Waals surface area contributed by atoms with E-state index in [2.05, 4.69) is 15.3 Å². The number of methoxy groups -OCH3 is 1. The number of hydrogen-bond donors (Lipinski definition) is 2. The Morgan fingerprint density at radius 1 is 1.71 bits per heavy atom. The molecule has 1 unspecified atom stereocenters. The highest BCUT2D eigenvalue weighted by molar-refractivity contribution is 6.32. The summed E-state index contributed by atoms with van der Waals surface area (Å²) in [5.41, 5.74) is 0. The zero-order valence-electron chi connectivity index (χ0n) is 7.99. The first-order valence-electron chi connectivity index (χ1n) is 4.11. The first-order valence-corrected chi connectivity index (χ1v) is 4.49. The van der Waals surface area contributed by atoms with E-state index in [1.54, 1.807) is 0 Å². The molecule has 6 heteroatoms. The van der Waals surface area contributed by atoms with Crippen LogP contribution in [0.2, 0.25) is 5.02 Å². The number of anilines is 1. The summed E-state index contributed by atoms with van der Waals surface area (Å²) < 4.78 is 4.84. The SMILES string of the molecule is COc1ncc(Cl)c(NC(C)CO)n1. The average molecular weight is 218 g/mol. The van der Waals surface area contributed by atoms with E-state index in [4.69, 9.17) is 21.4 Å². The molecule has 0 saturated carbocycles. The van der Waals surface area contributed by atoms with Gasteiger partial charge >= 0.3 is 6.01 Å². The highest BCUT2D eigenvalue weighted by Crippen LogP contribution is 2.20. The normalized spacial score (nSPS) is 12.3. The lowest BCUT2D eigenvalue weighted by molar-refractivity contribution is 0.281. The Kier molecular flexibility index (Phi) is 3.91. The van der Waals surface area contributed by atoms with Gasteiger partial charge in [0.15, 0.2) is 5.82 Å². The molecule has 0 aliphatic carbocycles. The van der Waals surface area contributed by atoms with Crippen molar-refractivity contribution in [3.8, 4) is 6.01 Å². The van der Waals surface area contributed by atoms with Gasteiger partial charge in [0.1, 0.15) is 5.02 Å². The minimum atomic E-state index is -0.118. The summed E-state index contributed by atoms with van der Waals surface area (Å²) in [6, 6.07) is 0.120. The average Bonchev–Trinajstić information content (AvgIpc) is 2.21. The molecule has 0 bridgehead atoms. The number of nitrogens with one attached hydrogen (secondary N) is 1. The molecule has 1 aromatic rings. The van der Waals surface area contributed by atoms with Gasteiger partial charge in [-0.3, -0.25) is 0 Å². The van der Waals surface area contributed by atoms with E-state index >= 15 is 0 Å². The minimum Gasteiger partial charge on any atom is -0.467 e. The van der Waals surface area contributed by atoms with E-state index in [-0.39, 0.29) is 18.7 Å². The van der Waals surface area contributed by atoms with Crippen molar-refractivity contribution in [1.29, 1.82) is 0 Å². The van der Waals surface area contributed by atoms with E-state index < -0.39 is 0 Å². The van der Waals surface area contributed by atoms with Crippen LogP contribution in [0.15, 0.2) is 6.20 Å². The monoisotopic (exact) mass is 217 g/mol. The van der Waals surface area contributed by atoms with Gasteiger partial charge in [0.2, 0.25) is 0 Å². The molecule has 0 amide bonds. The number of hydrogen-bond acceptors (Lipinski definition) is 5. The van der Waals surface area contributed by atoms with Gasteiger partial charge < -0.3 is 15.2 Å². The Labute approximate surface area is 87.1 Å². The number of nitrogens with zero attached hydrogens (tertiary/aromatic N) is 2. The summed E-state index contributed by atoms with van der Waals surface area (Å²) in [6.45, 7) is 1.81. The molecular weight excluding hydrogens is 206 g/mol. The molecule has 14 heavy (non-hydrogen) atoms. The summed E-state index contributed by atoms with van der Waals surface area (Å²) in [5, 5.41) is 12.1. The number of aromatic nitrogens is 2. The molecule has 1 aromatic heterocycles. The topological polar surface area (TPSA) is 67.3 Å². The van der Waals surface area contributed by atoms with Crippen molar-refractivity contribution in [2.45, 2.75) is 13.0 Å². The molecule has 0 aromatic carbocycles. The fraction of sp³-hybridized carbons (Fsp3) is 0.500. The van der Waals surface area contributed by atoms with Crippen LogP contribution in [-0.4, -0.2) is 34.8 Å². The van der Waals surface area contributed by atoms with Gasteiger partial charge in [-0.15, -0.1) is 0 Å². The third kappa shape index (κ3) is 2.71. The lowest BCUT2D eigenvalue weighted by atomic mass is 10.3. The molecule has 5 nitrogen and oxygen atoms in total. The predicted octanol–water partition coefficient (Wildman–Crippen LogP) is 0.931. The lowest BCUT2D eigenvalue weighted by Gasteiger charge is -2.12. The number of rotatable bonds is 4. The standard InChI is InChI=1S/C8H12ClN3O2/c1-5(4-13)11-7-6(9)3-10-8(12-7)14-2/h3,5,13H,4H2,1-2H3,(H,10,11,12). The molecule has 0 radical (unpaired) electrons. The second-order valence-corrected chi connectivity index (χ2v) is 3.19. The summed E-state index contributed by atoms with van der Waals surface area (Å²) in [7, 11) is 1.47. The van der Waals surface area contributed by atoms with Gasteiger partial charge in [0, 0.05) is 6.04 Å². The van der Waals surface area contributed by atoms with E-state index in [0.29, 0.717) is 10.8 Å². The first kappa shape index (κ1) is 11.0. The highest BCUT2D eigenvalue weighted by atomic mass is 35.5. The van der Waals surface area contributed by atoms with Crippen molar-refractivity contribution in [2.75, 3.05) is 19.0 Å². The van der Waals surface area contributed by atoms with Crippen molar-refractivity contribution in [1.82, 2.24) is 9.97 Å². The number of halogens is 1. The van der Waals surface area contributed by atoms with Crippen LogP contribution in [0.25, 0.3) is 0 Å². The van der Waals surface area contributed by atoms with Crippen LogP contribution in [0.4, 0.5) is 5.82 Å². The van der Waals surface area contributed by atoms with Gasteiger partial charge in [0.25, 0.3) is 0 Å². The molecule has 0 fully saturated rings. The molecule has 1 atom stereocenters. The van der Waals surface area contributed by atoms with Gasteiger partial charge in [-0.2, -0.15) is 4.98 Å². The lowest BCUT2D eigenvalue weighted by Crippen LogP contribution is -2.20. The Balaban J connectivity index is 2.83.